The number of fused-ring (bicyclic) bond motifs is 5. The lowest BCUT2D eigenvalue weighted by atomic mass is 9.70. The first-order valence-corrected chi connectivity index (χ1v) is 7.50. The zero-order chi connectivity index (χ0) is 12.7. The first-order chi connectivity index (χ1) is 9.24. The van der Waals surface area contributed by atoms with Gasteiger partial charge in [0.1, 0.15) is 11.7 Å². The summed E-state index contributed by atoms with van der Waals surface area (Å²) in [4.78, 5) is 12.3. The van der Waals surface area contributed by atoms with E-state index in [1.54, 1.807) is 0 Å². The Morgan fingerprint density at radius 3 is 2.37 bits per heavy atom. The van der Waals surface area contributed by atoms with Crippen LogP contribution in [-0.4, -0.2) is 11.9 Å². The van der Waals surface area contributed by atoms with Crippen molar-refractivity contribution in [1.82, 2.24) is 0 Å². The van der Waals surface area contributed by atoms with Gasteiger partial charge in [-0.05, 0) is 37.7 Å². The van der Waals surface area contributed by atoms with Gasteiger partial charge in [0.05, 0.1) is 0 Å². The molecule has 1 aromatic carbocycles. The molecule has 4 aliphatic rings. The zero-order valence-electron chi connectivity index (χ0n) is 11.0. The minimum atomic E-state index is -0.149. The van der Waals surface area contributed by atoms with Crippen LogP contribution < -0.4 is 0 Å². The molecule has 0 N–H and O–H groups in total. The molecular formula is C17H18O2. The molecule has 19 heavy (non-hydrogen) atoms. The van der Waals surface area contributed by atoms with Crippen molar-refractivity contribution in [2.75, 3.05) is 0 Å². The number of Topliss-reactive ketones (excluding diaryl/α,β-unsaturated/α-hetero) is 1. The maximum atomic E-state index is 12.3. The van der Waals surface area contributed by atoms with Crippen LogP contribution in [0.15, 0.2) is 30.3 Å². The fraction of sp³-hybridized carbons (Fsp3) is 0.588. The van der Waals surface area contributed by atoms with E-state index < -0.39 is 0 Å². The summed E-state index contributed by atoms with van der Waals surface area (Å²) in [6.45, 7) is 0. The first kappa shape index (κ1) is 10.6. The predicted molar refractivity (Wildman–Crippen MR) is 70.6 cm³/mol. The highest BCUT2D eigenvalue weighted by atomic mass is 16.5. The Kier molecular flexibility index (Phi) is 1.65. The van der Waals surface area contributed by atoms with Gasteiger partial charge in [-0.1, -0.05) is 30.3 Å². The second-order valence-corrected chi connectivity index (χ2v) is 6.90. The zero-order valence-corrected chi connectivity index (χ0v) is 11.0. The molecule has 0 radical (unpaired) electrons. The van der Waals surface area contributed by atoms with Crippen molar-refractivity contribution in [2.24, 2.45) is 10.8 Å². The van der Waals surface area contributed by atoms with E-state index >= 15 is 0 Å². The summed E-state index contributed by atoms with van der Waals surface area (Å²) in [5.41, 5.74) is 1.67. The number of ketones is 1. The number of carbonyl (C=O) groups excluding carboxylic acids is 1. The van der Waals surface area contributed by atoms with Gasteiger partial charge in [0.15, 0.2) is 5.78 Å². The van der Waals surface area contributed by atoms with Gasteiger partial charge in [0.2, 0.25) is 0 Å². The van der Waals surface area contributed by atoms with Crippen LogP contribution in [0, 0.1) is 10.8 Å². The molecule has 0 amide bonds. The molecule has 2 bridgehead atoms. The molecule has 5 rings (SSSR count). The van der Waals surface area contributed by atoms with Crippen LogP contribution in [0.25, 0.3) is 0 Å². The van der Waals surface area contributed by atoms with E-state index in [-0.39, 0.29) is 22.5 Å². The largest absolute Gasteiger partial charge is 0.358 e. The molecule has 2 heterocycles. The quantitative estimate of drug-likeness (QED) is 0.769. The van der Waals surface area contributed by atoms with E-state index in [1.807, 2.05) is 0 Å². The molecule has 2 heteroatoms. The molecule has 4 fully saturated rings. The van der Waals surface area contributed by atoms with Crippen molar-refractivity contribution in [2.45, 2.75) is 50.2 Å². The van der Waals surface area contributed by atoms with Gasteiger partial charge in [0.25, 0.3) is 0 Å². The number of ether oxygens (including phenoxy) is 1. The average molecular weight is 254 g/mol. The molecule has 2 aliphatic carbocycles. The molecular weight excluding hydrogens is 236 g/mol. The maximum Gasteiger partial charge on any atom is 0.162 e. The van der Waals surface area contributed by atoms with Crippen LogP contribution >= 0.6 is 0 Å². The van der Waals surface area contributed by atoms with Crippen molar-refractivity contribution in [3.63, 3.8) is 0 Å². The Morgan fingerprint density at radius 2 is 1.74 bits per heavy atom. The molecule has 2 saturated carbocycles. The van der Waals surface area contributed by atoms with E-state index in [2.05, 4.69) is 30.3 Å². The molecule has 2 aliphatic heterocycles. The fourth-order valence-electron chi connectivity index (χ4n) is 5.28. The lowest BCUT2D eigenvalue weighted by molar-refractivity contribution is -0.151. The number of hydrogen-bond acceptors (Lipinski definition) is 2. The Balaban J connectivity index is 1.73. The summed E-state index contributed by atoms with van der Waals surface area (Å²) in [5.74, 6) is 0.368. The summed E-state index contributed by atoms with van der Waals surface area (Å²) in [6.07, 6.45) is 6.44. The third-order valence-electron chi connectivity index (χ3n) is 6.34. The topological polar surface area (TPSA) is 26.3 Å². The molecule has 98 valence electrons. The monoisotopic (exact) mass is 254 g/mol. The summed E-state index contributed by atoms with van der Waals surface area (Å²) in [5, 5.41) is 0. The van der Waals surface area contributed by atoms with Crippen molar-refractivity contribution in [3.05, 3.63) is 35.9 Å². The summed E-state index contributed by atoms with van der Waals surface area (Å²) in [7, 11) is 0. The van der Waals surface area contributed by atoms with Crippen molar-refractivity contribution >= 4 is 5.78 Å². The Labute approximate surface area is 113 Å². The lowest BCUT2D eigenvalue weighted by Gasteiger charge is -2.38. The number of benzene rings is 1. The van der Waals surface area contributed by atoms with Gasteiger partial charge in [-0.25, -0.2) is 0 Å². The highest BCUT2D eigenvalue weighted by molar-refractivity contribution is 5.87. The molecule has 2 nitrogen and oxygen atoms in total. The SMILES string of the molecule is O=C1CC[C@@]2(c3ccccc3)O[C@@H]1C1(CC1)C21CC1. The van der Waals surface area contributed by atoms with E-state index in [1.165, 1.54) is 31.2 Å². The predicted octanol–water partition coefficient (Wildman–Crippen LogP) is 3.20. The van der Waals surface area contributed by atoms with Crippen LogP contribution in [0.2, 0.25) is 0 Å². The van der Waals surface area contributed by atoms with Crippen LogP contribution in [0.5, 0.6) is 0 Å². The summed E-state index contributed by atoms with van der Waals surface area (Å²) >= 11 is 0. The fourth-order valence-corrected chi connectivity index (χ4v) is 5.28. The van der Waals surface area contributed by atoms with E-state index in [0.717, 1.165) is 6.42 Å². The van der Waals surface area contributed by atoms with Crippen LogP contribution in [0.4, 0.5) is 0 Å². The highest BCUT2D eigenvalue weighted by Gasteiger charge is 2.84. The highest BCUT2D eigenvalue weighted by Crippen LogP contribution is 2.84. The van der Waals surface area contributed by atoms with Gasteiger partial charge in [0, 0.05) is 17.3 Å². The molecule has 1 aromatic rings. The van der Waals surface area contributed by atoms with Gasteiger partial charge < -0.3 is 4.74 Å². The van der Waals surface area contributed by atoms with Gasteiger partial charge >= 0.3 is 0 Å². The molecule has 2 spiro atoms. The molecule has 0 unspecified atom stereocenters. The normalized spacial score (nSPS) is 39.8. The Bertz CT molecular complexity index is 568. The molecule has 2 atom stereocenters. The molecule has 2 saturated heterocycles. The second-order valence-electron chi connectivity index (χ2n) is 6.90. The summed E-state index contributed by atoms with van der Waals surface area (Å²) in [6, 6.07) is 10.7. The van der Waals surface area contributed by atoms with E-state index in [0.29, 0.717) is 12.2 Å². The summed E-state index contributed by atoms with van der Waals surface area (Å²) < 4.78 is 6.49. The maximum absolute atomic E-state index is 12.3. The lowest BCUT2D eigenvalue weighted by Crippen LogP contribution is -2.39. The minimum Gasteiger partial charge on any atom is -0.358 e. The Hall–Kier alpha value is -1.15. The molecule has 0 aromatic heterocycles. The third kappa shape index (κ3) is 0.971. The number of hydrogen-bond donors (Lipinski definition) is 0. The van der Waals surface area contributed by atoms with Crippen molar-refractivity contribution in [1.29, 1.82) is 0 Å². The van der Waals surface area contributed by atoms with E-state index in [4.69, 9.17) is 4.74 Å². The van der Waals surface area contributed by atoms with Crippen LogP contribution in [0.3, 0.4) is 0 Å². The van der Waals surface area contributed by atoms with Gasteiger partial charge in [-0.15, -0.1) is 0 Å². The van der Waals surface area contributed by atoms with Crippen LogP contribution in [-0.2, 0) is 15.1 Å². The van der Waals surface area contributed by atoms with Crippen molar-refractivity contribution < 1.29 is 9.53 Å². The third-order valence-corrected chi connectivity index (χ3v) is 6.34. The van der Waals surface area contributed by atoms with Crippen molar-refractivity contribution in [3.8, 4) is 0 Å². The van der Waals surface area contributed by atoms with Gasteiger partial charge in [-0.3, -0.25) is 4.79 Å². The standard InChI is InChI=1S/C17H18O2/c18-13-6-7-17(12-4-2-1-3-5-12)16(10-11-16)15(8-9-15)14(13)19-17/h1-5,14H,6-11H2/t14-,17-/m0/s1. The Morgan fingerprint density at radius 1 is 1.00 bits per heavy atom. The second kappa shape index (κ2) is 2.95. The number of carbonyl (C=O) groups is 1. The average Bonchev–Trinajstić information content (AvgIpc) is 3.32. The number of rotatable bonds is 1. The van der Waals surface area contributed by atoms with Crippen LogP contribution in [0.1, 0.15) is 44.1 Å². The smallest absolute Gasteiger partial charge is 0.162 e. The van der Waals surface area contributed by atoms with E-state index in [9.17, 15) is 4.79 Å². The van der Waals surface area contributed by atoms with Gasteiger partial charge in [-0.2, -0.15) is 0 Å². The first-order valence-electron chi connectivity index (χ1n) is 7.50. The minimum absolute atomic E-state index is 0.0936.